The second kappa shape index (κ2) is 7.95. The Morgan fingerprint density at radius 1 is 1.10 bits per heavy atom. The molecule has 0 aliphatic rings. The van der Waals surface area contributed by atoms with Gasteiger partial charge in [-0.05, 0) is 38.1 Å². The van der Waals surface area contributed by atoms with Crippen molar-refractivity contribution in [1.29, 1.82) is 0 Å². The van der Waals surface area contributed by atoms with E-state index in [-0.39, 0.29) is 0 Å². The van der Waals surface area contributed by atoms with Gasteiger partial charge in [-0.15, -0.1) is 0 Å². The van der Waals surface area contributed by atoms with E-state index in [0.717, 1.165) is 28.3 Å². The molecule has 0 atom stereocenters. The summed E-state index contributed by atoms with van der Waals surface area (Å²) in [7, 11) is 0. The number of nitrogens with one attached hydrogen (secondary N) is 2. The van der Waals surface area contributed by atoms with Crippen molar-refractivity contribution in [2.45, 2.75) is 20.5 Å². The smallest absolute Gasteiger partial charge is 0.158 e. The Labute approximate surface area is 133 Å². The van der Waals surface area contributed by atoms with E-state index in [1.165, 1.54) is 0 Å². The monoisotopic (exact) mass is 350 g/mol. The van der Waals surface area contributed by atoms with Crippen LogP contribution in [0.15, 0.2) is 34.8 Å². The lowest BCUT2D eigenvalue weighted by molar-refractivity contribution is 0.128. The lowest BCUT2D eigenvalue weighted by atomic mass is 10.3. The molecule has 0 bridgehead atoms. The second-order valence-corrected chi connectivity index (χ2v) is 5.27. The first-order valence-corrected chi connectivity index (χ1v) is 7.72. The number of ether oxygens (including phenoxy) is 1. The van der Waals surface area contributed by atoms with Crippen molar-refractivity contribution in [3.8, 4) is 0 Å². The SMILES string of the molecule is CCNc1cc(Nc2ccc(Br)cc2)nc(COCC)n1. The maximum absolute atomic E-state index is 5.39. The van der Waals surface area contributed by atoms with Crippen molar-refractivity contribution in [2.24, 2.45) is 0 Å². The van der Waals surface area contributed by atoms with Crippen molar-refractivity contribution < 1.29 is 4.74 Å². The standard InChI is InChI=1S/C15H19BrN4O/c1-3-17-13-9-14(20-15(19-13)10-21-4-2)18-12-7-5-11(16)6-8-12/h5-9H,3-4,10H2,1-2H3,(H2,17,18,19,20). The quantitative estimate of drug-likeness (QED) is 0.791. The summed E-state index contributed by atoms with van der Waals surface area (Å²) in [4.78, 5) is 8.89. The molecule has 112 valence electrons. The van der Waals surface area contributed by atoms with Crippen LogP contribution in [0, 0.1) is 0 Å². The van der Waals surface area contributed by atoms with Crippen molar-refractivity contribution in [3.63, 3.8) is 0 Å². The third kappa shape index (κ3) is 4.99. The lowest BCUT2D eigenvalue weighted by Crippen LogP contribution is -2.07. The number of anilines is 3. The summed E-state index contributed by atoms with van der Waals surface area (Å²) in [5.74, 6) is 2.20. The molecule has 21 heavy (non-hydrogen) atoms. The van der Waals surface area contributed by atoms with Crippen LogP contribution in [0.1, 0.15) is 19.7 Å². The Morgan fingerprint density at radius 3 is 2.48 bits per heavy atom. The van der Waals surface area contributed by atoms with E-state index in [9.17, 15) is 0 Å². The van der Waals surface area contributed by atoms with Gasteiger partial charge >= 0.3 is 0 Å². The fraction of sp³-hybridized carbons (Fsp3) is 0.333. The van der Waals surface area contributed by atoms with E-state index in [2.05, 4.69) is 36.5 Å². The number of aromatic nitrogens is 2. The van der Waals surface area contributed by atoms with Crippen molar-refractivity contribution in [3.05, 3.63) is 40.6 Å². The molecule has 0 spiro atoms. The average Bonchev–Trinajstić information content (AvgIpc) is 2.48. The zero-order valence-electron chi connectivity index (χ0n) is 12.2. The Balaban J connectivity index is 2.19. The minimum Gasteiger partial charge on any atom is -0.374 e. The van der Waals surface area contributed by atoms with Gasteiger partial charge in [-0.2, -0.15) is 0 Å². The van der Waals surface area contributed by atoms with Crippen LogP contribution in [0.5, 0.6) is 0 Å². The van der Waals surface area contributed by atoms with Gasteiger partial charge in [0, 0.05) is 29.4 Å². The summed E-state index contributed by atoms with van der Waals surface area (Å²) in [6.45, 7) is 5.85. The van der Waals surface area contributed by atoms with Gasteiger partial charge in [0.2, 0.25) is 0 Å². The van der Waals surface area contributed by atoms with Crippen LogP contribution in [0.2, 0.25) is 0 Å². The van der Waals surface area contributed by atoms with E-state index >= 15 is 0 Å². The molecule has 0 fully saturated rings. The summed E-state index contributed by atoms with van der Waals surface area (Å²) in [6, 6.07) is 9.83. The highest BCUT2D eigenvalue weighted by molar-refractivity contribution is 9.10. The van der Waals surface area contributed by atoms with Crippen LogP contribution in [0.4, 0.5) is 17.3 Å². The van der Waals surface area contributed by atoms with Gasteiger partial charge in [-0.1, -0.05) is 15.9 Å². The molecule has 0 amide bonds. The van der Waals surface area contributed by atoms with E-state index < -0.39 is 0 Å². The summed E-state index contributed by atoms with van der Waals surface area (Å²) in [5.41, 5.74) is 0.974. The fourth-order valence-electron chi connectivity index (χ4n) is 1.77. The Hall–Kier alpha value is -1.66. The van der Waals surface area contributed by atoms with E-state index in [4.69, 9.17) is 4.74 Å². The minimum absolute atomic E-state index is 0.407. The first-order chi connectivity index (χ1) is 10.2. The molecule has 0 aliphatic carbocycles. The fourth-order valence-corrected chi connectivity index (χ4v) is 2.04. The van der Waals surface area contributed by atoms with E-state index in [1.54, 1.807) is 0 Å². The molecule has 1 heterocycles. The molecule has 0 saturated heterocycles. The highest BCUT2D eigenvalue weighted by Gasteiger charge is 2.05. The molecule has 0 unspecified atom stereocenters. The molecule has 1 aromatic carbocycles. The normalized spacial score (nSPS) is 10.4. The summed E-state index contributed by atoms with van der Waals surface area (Å²) in [6.07, 6.45) is 0. The van der Waals surface area contributed by atoms with Gasteiger partial charge in [0.15, 0.2) is 5.82 Å². The summed E-state index contributed by atoms with van der Waals surface area (Å²) < 4.78 is 6.43. The molecule has 1 aromatic heterocycles. The highest BCUT2D eigenvalue weighted by Crippen LogP contribution is 2.20. The zero-order valence-corrected chi connectivity index (χ0v) is 13.8. The highest BCUT2D eigenvalue weighted by atomic mass is 79.9. The number of hydrogen-bond donors (Lipinski definition) is 2. The molecule has 0 radical (unpaired) electrons. The second-order valence-electron chi connectivity index (χ2n) is 4.35. The van der Waals surface area contributed by atoms with Gasteiger partial charge in [-0.3, -0.25) is 0 Å². The van der Waals surface area contributed by atoms with Gasteiger partial charge in [-0.25, -0.2) is 9.97 Å². The van der Waals surface area contributed by atoms with Gasteiger partial charge in [0.1, 0.15) is 18.2 Å². The zero-order chi connectivity index (χ0) is 15.1. The molecule has 5 nitrogen and oxygen atoms in total. The van der Waals surface area contributed by atoms with Crippen LogP contribution >= 0.6 is 15.9 Å². The number of hydrogen-bond acceptors (Lipinski definition) is 5. The summed E-state index contributed by atoms with van der Waals surface area (Å²) >= 11 is 3.42. The molecule has 0 saturated carbocycles. The molecule has 0 aliphatic heterocycles. The molecule has 2 rings (SSSR count). The van der Waals surface area contributed by atoms with Gasteiger partial charge < -0.3 is 15.4 Å². The molecule has 6 heteroatoms. The Morgan fingerprint density at radius 2 is 1.81 bits per heavy atom. The van der Waals surface area contributed by atoms with Crippen LogP contribution < -0.4 is 10.6 Å². The minimum atomic E-state index is 0.407. The molecule has 2 aromatic rings. The third-order valence-corrected chi connectivity index (χ3v) is 3.21. The van der Waals surface area contributed by atoms with Crippen LogP contribution in [0.3, 0.4) is 0 Å². The predicted molar refractivity (Wildman–Crippen MR) is 89.0 cm³/mol. The van der Waals surface area contributed by atoms with E-state index in [1.807, 2.05) is 44.2 Å². The Bertz CT molecular complexity index is 574. The van der Waals surface area contributed by atoms with Crippen molar-refractivity contribution >= 4 is 33.3 Å². The van der Waals surface area contributed by atoms with Gasteiger partial charge in [0.25, 0.3) is 0 Å². The largest absolute Gasteiger partial charge is 0.374 e. The first-order valence-electron chi connectivity index (χ1n) is 6.93. The number of rotatable bonds is 7. The van der Waals surface area contributed by atoms with Crippen molar-refractivity contribution in [1.82, 2.24) is 9.97 Å². The maximum atomic E-state index is 5.39. The predicted octanol–water partition coefficient (Wildman–Crippen LogP) is 3.95. The maximum Gasteiger partial charge on any atom is 0.158 e. The van der Waals surface area contributed by atoms with Crippen LogP contribution in [0.25, 0.3) is 0 Å². The topological polar surface area (TPSA) is 59.1 Å². The van der Waals surface area contributed by atoms with Crippen molar-refractivity contribution in [2.75, 3.05) is 23.8 Å². The Kier molecular flexibility index (Phi) is 5.95. The number of benzene rings is 1. The van der Waals surface area contributed by atoms with Crippen LogP contribution in [-0.2, 0) is 11.3 Å². The average molecular weight is 351 g/mol. The molecular weight excluding hydrogens is 332 g/mol. The molecule has 2 N–H and O–H groups in total. The summed E-state index contributed by atoms with van der Waals surface area (Å²) in [5, 5.41) is 6.48. The van der Waals surface area contributed by atoms with Crippen LogP contribution in [-0.4, -0.2) is 23.1 Å². The first kappa shape index (κ1) is 15.7. The van der Waals surface area contributed by atoms with E-state index in [0.29, 0.717) is 19.0 Å². The number of halogens is 1. The number of nitrogens with zero attached hydrogens (tertiary/aromatic N) is 2. The van der Waals surface area contributed by atoms with Gasteiger partial charge in [0.05, 0.1) is 0 Å². The lowest BCUT2D eigenvalue weighted by Gasteiger charge is -2.11. The third-order valence-electron chi connectivity index (χ3n) is 2.68. The molecular formula is C15H19BrN4O.